The van der Waals surface area contributed by atoms with Crippen LogP contribution in [-0.4, -0.2) is 50.0 Å². The summed E-state index contributed by atoms with van der Waals surface area (Å²) in [7, 11) is 0. The lowest BCUT2D eigenvalue weighted by molar-refractivity contribution is -0.0201. The van der Waals surface area contributed by atoms with Gasteiger partial charge in [-0.15, -0.1) is 0 Å². The average Bonchev–Trinajstić information content (AvgIpc) is 2.24. The van der Waals surface area contributed by atoms with Crippen LogP contribution in [0.1, 0.15) is 40.0 Å². The van der Waals surface area contributed by atoms with Crippen LogP contribution in [0.15, 0.2) is 0 Å². The van der Waals surface area contributed by atoms with Crippen LogP contribution in [-0.2, 0) is 4.74 Å². The summed E-state index contributed by atoms with van der Waals surface area (Å²) < 4.78 is 28.5. The van der Waals surface area contributed by atoms with Crippen molar-refractivity contribution in [3.63, 3.8) is 0 Å². The van der Waals surface area contributed by atoms with Gasteiger partial charge in [0.1, 0.15) is 6.61 Å². The van der Waals surface area contributed by atoms with Crippen LogP contribution >= 0.6 is 0 Å². The number of nitrogens with two attached hydrogens (primary N) is 1. The largest absolute Gasteiger partial charge is 0.389 e. The highest BCUT2D eigenvalue weighted by molar-refractivity contribution is 4.94. The minimum atomic E-state index is -2.49. The summed E-state index contributed by atoms with van der Waals surface area (Å²) in [6, 6.07) is 0.208. The maximum atomic E-state index is 11.9. The molecule has 3 unspecified atom stereocenters. The summed E-state index contributed by atoms with van der Waals surface area (Å²) in [5, 5.41) is 12.9. The van der Waals surface area contributed by atoms with Crippen molar-refractivity contribution in [2.45, 2.75) is 58.6 Å². The molecule has 21 heavy (non-hydrogen) atoms. The molecule has 0 saturated heterocycles. The summed E-state index contributed by atoms with van der Waals surface area (Å²) in [6.07, 6.45) is -0.181. The van der Waals surface area contributed by atoms with Gasteiger partial charge < -0.3 is 20.9 Å². The minimum absolute atomic E-state index is 0.0704. The van der Waals surface area contributed by atoms with Crippen molar-refractivity contribution in [2.75, 3.05) is 26.3 Å². The normalized spacial score (nSPS) is 30.6. The Morgan fingerprint density at radius 1 is 1.29 bits per heavy atom. The van der Waals surface area contributed by atoms with E-state index in [0.717, 1.165) is 25.8 Å². The monoisotopic (exact) mass is 308 g/mol. The predicted octanol–water partition coefficient (Wildman–Crippen LogP) is 1.76. The molecule has 1 rings (SSSR count). The maximum Gasteiger partial charge on any atom is 0.261 e. The van der Waals surface area contributed by atoms with E-state index in [9.17, 15) is 13.9 Å². The highest BCUT2D eigenvalue weighted by Gasteiger charge is 2.39. The van der Waals surface area contributed by atoms with Crippen LogP contribution in [0.3, 0.4) is 0 Å². The van der Waals surface area contributed by atoms with Crippen molar-refractivity contribution in [3.8, 4) is 0 Å². The molecule has 0 aromatic heterocycles. The summed E-state index contributed by atoms with van der Waals surface area (Å²) >= 11 is 0. The summed E-state index contributed by atoms with van der Waals surface area (Å²) in [6.45, 7) is 7.08. The number of hydrogen-bond donors (Lipinski definition) is 3. The first-order valence-corrected chi connectivity index (χ1v) is 7.62. The Balaban J connectivity index is 2.27. The van der Waals surface area contributed by atoms with Gasteiger partial charge in [0.15, 0.2) is 0 Å². The number of hydrogen-bond acceptors (Lipinski definition) is 4. The molecule has 0 heterocycles. The molecule has 0 spiro atoms. The van der Waals surface area contributed by atoms with Crippen LogP contribution < -0.4 is 11.1 Å². The van der Waals surface area contributed by atoms with E-state index >= 15 is 0 Å². The molecule has 0 amide bonds. The molecule has 4 N–H and O–H groups in total. The molecule has 1 fully saturated rings. The first-order chi connectivity index (χ1) is 9.62. The molecule has 6 heteroatoms. The summed E-state index contributed by atoms with van der Waals surface area (Å²) in [5.41, 5.74) is 6.47. The molecule has 1 saturated carbocycles. The quantitative estimate of drug-likeness (QED) is 0.639. The van der Waals surface area contributed by atoms with Gasteiger partial charge in [-0.3, -0.25) is 0 Å². The number of ether oxygens (including phenoxy) is 1. The summed E-state index contributed by atoms with van der Waals surface area (Å²) in [4.78, 5) is 0. The molecule has 0 radical (unpaired) electrons. The third kappa shape index (κ3) is 7.49. The molecule has 1 aliphatic rings. The molecular formula is C15H30F2N2O2. The van der Waals surface area contributed by atoms with Crippen LogP contribution in [0.5, 0.6) is 0 Å². The maximum absolute atomic E-state index is 11.9. The van der Waals surface area contributed by atoms with E-state index < -0.39 is 19.1 Å². The Morgan fingerprint density at radius 3 is 2.52 bits per heavy atom. The van der Waals surface area contributed by atoms with Gasteiger partial charge in [0.25, 0.3) is 6.43 Å². The Labute approximate surface area is 126 Å². The number of rotatable bonds is 8. The van der Waals surface area contributed by atoms with E-state index in [0.29, 0.717) is 6.54 Å². The number of aliphatic hydroxyl groups excluding tert-OH is 1. The average molecular weight is 308 g/mol. The van der Waals surface area contributed by atoms with Crippen molar-refractivity contribution in [1.82, 2.24) is 5.32 Å². The molecule has 0 aliphatic heterocycles. The molecule has 0 aromatic rings. The van der Waals surface area contributed by atoms with Crippen molar-refractivity contribution >= 4 is 0 Å². The van der Waals surface area contributed by atoms with E-state index in [4.69, 9.17) is 10.5 Å². The third-order valence-corrected chi connectivity index (χ3v) is 3.96. The second-order valence-electron chi connectivity index (χ2n) is 7.53. The number of halogens is 2. The van der Waals surface area contributed by atoms with Gasteiger partial charge in [-0.1, -0.05) is 20.8 Å². The van der Waals surface area contributed by atoms with E-state index in [2.05, 4.69) is 26.1 Å². The first kappa shape index (κ1) is 18.7. The molecule has 1 aliphatic carbocycles. The van der Waals surface area contributed by atoms with E-state index in [-0.39, 0.29) is 23.5 Å². The molecule has 4 nitrogen and oxygen atoms in total. The molecule has 0 bridgehead atoms. The Kier molecular flexibility index (Phi) is 6.97. The lowest BCUT2D eigenvalue weighted by Crippen LogP contribution is -2.47. The second-order valence-corrected chi connectivity index (χ2v) is 7.53. The highest BCUT2D eigenvalue weighted by atomic mass is 19.3. The standard InChI is InChI=1S/C15H30F2N2O2/c1-14(2)4-11(18)5-15(3,9-14)10-19-6-12(20)7-21-8-13(16)17/h11-13,19-20H,4-10,18H2,1-3H3. The van der Waals surface area contributed by atoms with Crippen molar-refractivity contribution < 1.29 is 18.6 Å². The summed E-state index contributed by atoms with van der Waals surface area (Å²) in [5.74, 6) is 0. The fourth-order valence-electron chi connectivity index (χ4n) is 3.74. The number of alkyl halides is 2. The second kappa shape index (κ2) is 7.81. The van der Waals surface area contributed by atoms with Gasteiger partial charge in [0.2, 0.25) is 0 Å². The minimum Gasteiger partial charge on any atom is -0.389 e. The van der Waals surface area contributed by atoms with Gasteiger partial charge in [-0.05, 0) is 30.1 Å². The van der Waals surface area contributed by atoms with Gasteiger partial charge in [0, 0.05) is 19.1 Å². The highest BCUT2D eigenvalue weighted by Crippen LogP contribution is 2.45. The Bertz CT molecular complexity index is 316. The van der Waals surface area contributed by atoms with Gasteiger partial charge in [-0.2, -0.15) is 0 Å². The van der Waals surface area contributed by atoms with Crippen molar-refractivity contribution in [2.24, 2.45) is 16.6 Å². The fraction of sp³-hybridized carbons (Fsp3) is 1.00. The smallest absolute Gasteiger partial charge is 0.261 e. The lowest BCUT2D eigenvalue weighted by Gasteiger charge is -2.46. The predicted molar refractivity (Wildman–Crippen MR) is 79.4 cm³/mol. The van der Waals surface area contributed by atoms with E-state index in [1.807, 2.05) is 0 Å². The van der Waals surface area contributed by atoms with Gasteiger partial charge in [-0.25, -0.2) is 8.78 Å². The lowest BCUT2D eigenvalue weighted by atomic mass is 9.63. The topological polar surface area (TPSA) is 67.5 Å². The zero-order valence-corrected chi connectivity index (χ0v) is 13.4. The molecular weight excluding hydrogens is 278 g/mol. The zero-order chi connectivity index (χ0) is 16.1. The van der Waals surface area contributed by atoms with E-state index in [1.54, 1.807) is 0 Å². The van der Waals surface area contributed by atoms with Crippen molar-refractivity contribution in [1.29, 1.82) is 0 Å². The van der Waals surface area contributed by atoms with Crippen LogP contribution in [0.4, 0.5) is 8.78 Å². The number of aliphatic hydroxyl groups is 1. The molecule has 126 valence electrons. The third-order valence-electron chi connectivity index (χ3n) is 3.96. The van der Waals surface area contributed by atoms with Crippen LogP contribution in [0, 0.1) is 10.8 Å². The first-order valence-electron chi connectivity index (χ1n) is 7.62. The van der Waals surface area contributed by atoms with Crippen LogP contribution in [0.25, 0.3) is 0 Å². The number of nitrogens with one attached hydrogen (secondary N) is 1. The molecule has 0 aromatic carbocycles. The van der Waals surface area contributed by atoms with Gasteiger partial charge >= 0.3 is 0 Å². The zero-order valence-electron chi connectivity index (χ0n) is 13.4. The molecule has 3 atom stereocenters. The Morgan fingerprint density at radius 2 is 1.95 bits per heavy atom. The Hall–Kier alpha value is -0.300. The SMILES string of the molecule is CC1(C)CC(N)CC(C)(CNCC(O)COCC(F)F)C1. The van der Waals surface area contributed by atoms with E-state index in [1.165, 1.54) is 0 Å². The van der Waals surface area contributed by atoms with Gasteiger partial charge in [0.05, 0.1) is 12.7 Å². The fourth-order valence-corrected chi connectivity index (χ4v) is 3.74. The van der Waals surface area contributed by atoms with Crippen LogP contribution in [0.2, 0.25) is 0 Å². The van der Waals surface area contributed by atoms with Crippen molar-refractivity contribution in [3.05, 3.63) is 0 Å².